The molecule has 4 rings (SSSR count). The van der Waals surface area contributed by atoms with Crippen LogP contribution >= 0.6 is 0 Å². The Hall–Kier alpha value is -2.50. The highest BCUT2D eigenvalue weighted by molar-refractivity contribution is 5.58. The number of hydrogen-bond donors (Lipinski definition) is 0. The van der Waals surface area contributed by atoms with Crippen molar-refractivity contribution in [3.63, 3.8) is 0 Å². The summed E-state index contributed by atoms with van der Waals surface area (Å²) in [6, 6.07) is 18.1. The quantitative estimate of drug-likeness (QED) is 0.647. The Morgan fingerprint density at radius 3 is 2.69 bits per heavy atom. The summed E-state index contributed by atoms with van der Waals surface area (Å²) >= 11 is 0. The third-order valence-electron chi connectivity index (χ3n) is 4.61. The van der Waals surface area contributed by atoms with Gasteiger partial charge in [-0.15, -0.1) is 0 Å². The topological polar surface area (TPSA) is 51.4 Å². The predicted molar refractivity (Wildman–Crippen MR) is 99.3 cm³/mol. The second-order valence-electron chi connectivity index (χ2n) is 6.67. The van der Waals surface area contributed by atoms with E-state index in [0.717, 1.165) is 55.2 Å². The highest BCUT2D eigenvalue weighted by Crippen LogP contribution is 2.21. The molecular formula is C21H23N3O2. The minimum atomic E-state index is 0.287. The third kappa shape index (κ3) is 4.36. The summed E-state index contributed by atoms with van der Waals surface area (Å²) in [5, 5.41) is 4.23. The first-order valence-corrected chi connectivity index (χ1v) is 9.12. The molecule has 3 heterocycles. The standard InChI is InChI=1S/C21H23N3O2/c1-2-7-17(8-3-1)21-13-20(26-23-21)16-24(15-19-10-6-12-25-19)14-18-9-4-5-11-22-18/h1-5,7-9,11,13,19H,6,10,12,14-16H2/t19-/m0/s1. The smallest absolute Gasteiger partial charge is 0.151 e. The molecule has 0 bridgehead atoms. The van der Waals surface area contributed by atoms with Gasteiger partial charge in [0.15, 0.2) is 5.76 Å². The normalized spacial score (nSPS) is 17.0. The summed E-state index contributed by atoms with van der Waals surface area (Å²) in [6.07, 6.45) is 4.38. The Morgan fingerprint density at radius 2 is 1.92 bits per heavy atom. The van der Waals surface area contributed by atoms with E-state index in [-0.39, 0.29) is 6.10 Å². The molecule has 26 heavy (non-hydrogen) atoms. The maximum Gasteiger partial charge on any atom is 0.151 e. The molecule has 1 aromatic carbocycles. The number of rotatable bonds is 7. The molecule has 5 heteroatoms. The minimum Gasteiger partial charge on any atom is -0.377 e. The van der Waals surface area contributed by atoms with Crippen molar-refractivity contribution < 1.29 is 9.26 Å². The fourth-order valence-corrected chi connectivity index (χ4v) is 3.33. The highest BCUT2D eigenvalue weighted by Gasteiger charge is 2.21. The zero-order valence-electron chi connectivity index (χ0n) is 14.8. The highest BCUT2D eigenvalue weighted by atomic mass is 16.5. The van der Waals surface area contributed by atoms with Gasteiger partial charge in [-0.1, -0.05) is 41.6 Å². The van der Waals surface area contributed by atoms with Crippen LogP contribution < -0.4 is 0 Å². The van der Waals surface area contributed by atoms with Crippen molar-refractivity contribution in [1.29, 1.82) is 0 Å². The Morgan fingerprint density at radius 1 is 1.04 bits per heavy atom. The molecule has 0 unspecified atom stereocenters. The molecule has 0 aliphatic carbocycles. The molecular weight excluding hydrogens is 326 g/mol. The van der Waals surface area contributed by atoms with Crippen LogP contribution in [-0.2, 0) is 17.8 Å². The summed E-state index contributed by atoms with van der Waals surface area (Å²) in [5.41, 5.74) is 2.99. The summed E-state index contributed by atoms with van der Waals surface area (Å²) < 4.78 is 11.4. The molecule has 1 atom stereocenters. The monoisotopic (exact) mass is 349 g/mol. The number of pyridine rings is 1. The lowest BCUT2D eigenvalue weighted by Gasteiger charge is -2.23. The third-order valence-corrected chi connectivity index (χ3v) is 4.61. The lowest BCUT2D eigenvalue weighted by molar-refractivity contribution is 0.0642. The Kier molecular flexibility index (Phi) is 5.38. The van der Waals surface area contributed by atoms with Gasteiger partial charge in [-0.3, -0.25) is 9.88 Å². The van der Waals surface area contributed by atoms with Crippen LogP contribution in [0.3, 0.4) is 0 Å². The van der Waals surface area contributed by atoms with Crippen LogP contribution in [0.25, 0.3) is 11.3 Å². The van der Waals surface area contributed by atoms with Crippen LogP contribution in [-0.4, -0.2) is 34.3 Å². The van der Waals surface area contributed by atoms with E-state index in [4.69, 9.17) is 9.26 Å². The van der Waals surface area contributed by atoms with Crippen molar-refractivity contribution >= 4 is 0 Å². The molecule has 0 spiro atoms. The van der Waals surface area contributed by atoms with Gasteiger partial charge in [-0.05, 0) is 25.0 Å². The van der Waals surface area contributed by atoms with Gasteiger partial charge in [-0.2, -0.15) is 0 Å². The number of aromatic nitrogens is 2. The van der Waals surface area contributed by atoms with Crippen molar-refractivity contribution in [2.45, 2.75) is 32.0 Å². The average Bonchev–Trinajstić information content (AvgIpc) is 3.35. The van der Waals surface area contributed by atoms with Gasteiger partial charge >= 0.3 is 0 Å². The van der Waals surface area contributed by atoms with Crippen LogP contribution in [0.1, 0.15) is 24.3 Å². The number of hydrogen-bond acceptors (Lipinski definition) is 5. The molecule has 134 valence electrons. The largest absolute Gasteiger partial charge is 0.377 e. The lowest BCUT2D eigenvalue weighted by Crippen LogP contribution is -2.31. The minimum absolute atomic E-state index is 0.287. The second-order valence-corrected chi connectivity index (χ2v) is 6.67. The molecule has 1 aliphatic heterocycles. The predicted octanol–water partition coefficient (Wildman–Crippen LogP) is 3.92. The number of ether oxygens (including phenoxy) is 1. The Balaban J connectivity index is 1.47. The molecule has 3 aromatic rings. The van der Waals surface area contributed by atoms with E-state index >= 15 is 0 Å². The average molecular weight is 349 g/mol. The van der Waals surface area contributed by atoms with Crippen LogP contribution in [0.5, 0.6) is 0 Å². The summed E-state index contributed by atoms with van der Waals surface area (Å²) in [7, 11) is 0. The SMILES string of the molecule is c1ccc(-c2cc(CN(Cc3ccccn3)C[C@@H]3CCCO3)on2)cc1. The van der Waals surface area contributed by atoms with E-state index in [2.05, 4.69) is 21.1 Å². The molecule has 0 saturated carbocycles. The van der Waals surface area contributed by atoms with Crippen molar-refractivity contribution in [3.8, 4) is 11.3 Å². The number of benzene rings is 1. The summed E-state index contributed by atoms with van der Waals surface area (Å²) in [4.78, 5) is 6.79. The van der Waals surface area contributed by atoms with Gasteiger partial charge in [0.05, 0.1) is 18.3 Å². The van der Waals surface area contributed by atoms with E-state index in [1.165, 1.54) is 0 Å². The van der Waals surface area contributed by atoms with Gasteiger partial charge in [0, 0.05) is 37.5 Å². The Labute approximate surface area is 153 Å². The summed E-state index contributed by atoms with van der Waals surface area (Å²) in [6.45, 7) is 3.19. The second kappa shape index (κ2) is 8.25. The maximum atomic E-state index is 5.83. The zero-order valence-corrected chi connectivity index (χ0v) is 14.8. The van der Waals surface area contributed by atoms with Crippen LogP contribution in [0.2, 0.25) is 0 Å². The lowest BCUT2D eigenvalue weighted by atomic mass is 10.1. The van der Waals surface area contributed by atoms with Crippen LogP contribution in [0.15, 0.2) is 65.3 Å². The molecule has 5 nitrogen and oxygen atoms in total. The molecule has 0 amide bonds. The first kappa shape index (κ1) is 16.9. The van der Waals surface area contributed by atoms with Crippen molar-refractivity contribution in [2.75, 3.05) is 13.2 Å². The Bertz CT molecular complexity index is 798. The fourth-order valence-electron chi connectivity index (χ4n) is 3.33. The number of nitrogens with zero attached hydrogens (tertiary/aromatic N) is 3. The molecule has 0 N–H and O–H groups in total. The zero-order chi connectivity index (χ0) is 17.6. The maximum absolute atomic E-state index is 5.83. The van der Waals surface area contributed by atoms with Crippen LogP contribution in [0, 0.1) is 0 Å². The van der Waals surface area contributed by atoms with E-state index in [0.29, 0.717) is 6.54 Å². The van der Waals surface area contributed by atoms with Crippen LogP contribution in [0.4, 0.5) is 0 Å². The van der Waals surface area contributed by atoms with Gasteiger partial charge in [0.25, 0.3) is 0 Å². The van der Waals surface area contributed by atoms with Gasteiger partial charge in [-0.25, -0.2) is 0 Å². The molecule has 2 aromatic heterocycles. The van der Waals surface area contributed by atoms with Gasteiger partial charge < -0.3 is 9.26 Å². The molecule has 1 aliphatic rings. The van der Waals surface area contributed by atoms with Crippen molar-refractivity contribution in [2.24, 2.45) is 0 Å². The van der Waals surface area contributed by atoms with Crippen molar-refractivity contribution in [1.82, 2.24) is 15.0 Å². The van der Waals surface area contributed by atoms with E-state index < -0.39 is 0 Å². The van der Waals surface area contributed by atoms with E-state index in [1.54, 1.807) is 0 Å². The first-order valence-electron chi connectivity index (χ1n) is 9.12. The fraction of sp³-hybridized carbons (Fsp3) is 0.333. The van der Waals surface area contributed by atoms with Gasteiger partial charge in [0.2, 0.25) is 0 Å². The molecule has 1 saturated heterocycles. The summed E-state index contributed by atoms with van der Waals surface area (Å²) in [5.74, 6) is 0.859. The first-order chi connectivity index (χ1) is 12.9. The van der Waals surface area contributed by atoms with E-state index in [9.17, 15) is 0 Å². The van der Waals surface area contributed by atoms with E-state index in [1.807, 2.05) is 54.7 Å². The van der Waals surface area contributed by atoms with Gasteiger partial charge in [0.1, 0.15) is 5.69 Å². The van der Waals surface area contributed by atoms with Crippen molar-refractivity contribution in [3.05, 3.63) is 72.2 Å². The molecule has 0 radical (unpaired) electrons. The molecule has 1 fully saturated rings.